The van der Waals surface area contributed by atoms with Crippen LogP contribution in [0.5, 0.6) is 0 Å². The van der Waals surface area contributed by atoms with Crippen molar-refractivity contribution in [2.45, 2.75) is 13.6 Å². The molecule has 2 aromatic heterocycles. The van der Waals surface area contributed by atoms with Gasteiger partial charge in [-0.15, -0.1) is 0 Å². The number of amides is 1. The van der Waals surface area contributed by atoms with Gasteiger partial charge in [0.25, 0.3) is 5.91 Å². The number of aryl methyl sites for hydroxylation is 1. The van der Waals surface area contributed by atoms with E-state index in [0.29, 0.717) is 23.1 Å². The Labute approximate surface area is 132 Å². The number of anilines is 1. The first kappa shape index (κ1) is 14.3. The van der Waals surface area contributed by atoms with Crippen LogP contribution in [0.1, 0.15) is 16.1 Å². The van der Waals surface area contributed by atoms with Crippen molar-refractivity contribution >= 4 is 23.2 Å². The second-order valence-corrected chi connectivity index (χ2v) is 5.28. The molecule has 0 fully saturated rings. The van der Waals surface area contributed by atoms with E-state index >= 15 is 0 Å². The third kappa shape index (κ3) is 3.17. The molecule has 22 heavy (non-hydrogen) atoms. The molecule has 0 radical (unpaired) electrons. The minimum Gasteiger partial charge on any atom is -0.320 e. The number of rotatable bonds is 4. The highest BCUT2D eigenvalue weighted by atomic mass is 35.5. The maximum absolute atomic E-state index is 12.2. The van der Waals surface area contributed by atoms with Gasteiger partial charge in [-0.3, -0.25) is 14.2 Å². The first-order valence-corrected chi connectivity index (χ1v) is 7.08. The molecule has 0 unspecified atom stereocenters. The summed E-state index contributed by atoms with van der Waals surface area (Å²) in [4.78, 5) is 12.2. The lowest BCUT2D eigenvalue weighted by molar-refractivity contribution is 0.102. The van der Waals surface area contributed by atoms with Crippen molar-refractivity contribution in [3.63, 3.8) is 0 Å². The average Bonchev–Trinajstić information content (AvgIpc) is 3.15. The number of hydrogen-bond acceptors (Lipinski definition) is 3. The molecule has 1 N–H and O–H groups in total. The summed E-state index contributed by atoms with van der Waals surface area (Å²) in [7, 11) is 0. The van der Waals surface area contributed by atoms with Gasteiger partial charge in [0.1, 0.15) is 6.67 Å². The molecule has 0 bridgehead atoms. The molecule has 0 aliphatic rings. The average molecular weight is 316 g/mol. The van der Waals surface area contributed by atoms with Gasteiger partial charge in [-0.1, -0.05) is 17.7 Å². The molecule has 3 rings (SSSR count). The van der Waals surface area contributed by atoms with Gasteiger partial charge in [-0.25, -0.2) is 0 Å². The molecule has 0 saturated carbocycles. The first-order chi connectivity index (χ1) is 10.6. The van der Waals surface area contributed by atoms with Crippen molar-refractivity contribution in [2.24, 2.45) is 0 Å². The first-order valence-electron chi connectivity index (χ1n) is 6.70. The summed E-state index contributed by atoms with van der Waals surface area (Å²) >= 11 is 5.95. The van der Waals surface area contributed by atoms with Crippen molar-refractivity contribution in [2.75, 3.05) is 5.32 Å². The Morgan fingerprint density at radius 3 is 2.91 bits per heavy atom. The van der Waals surface area contributed by atoms with Gasteiger partial charge in [0.15, 0.2) is 5.69 Å². The van der Waals surface area contributed by atoms with Crippen LogP contribution in [0.4, 0.5) is 5.69 Å². The van der Waals surface area contributed by atoms with E-state index in [0.717, 1.165) is 5.56 Å². The Bertz CT molecular complexity index is 794. The molecule has 6 nitrogen and oxygen atoms in total. The molecule has 0 aliphatic carbocycles. The molecule has 0 saturated heterocycles. The Hall–Kier alpha value is -2.60. The summed E-state index contributed by atoms with van der Waals surface area (Å²) in [6, 6.07) is 8.85. The summed E-state index contributed by atoms with van der Waals surface area (Å²) in [5, 5.41) is 11.7. The minimum absolute atomic E-state index is 0.274. The zero-order chi connectivity index (χ0) is 15.5. The van der Waals surface area contributed by atoms with E-state index < -0.39 is 0 Å². The van der Waals surface area contributed by atoms with Crippen LogP contribution >= 0.6 is 11.6 Å². The highest BCUT2D eigenvalue weighted by molar-refractivity contribution is 6.31. The maximum Gasteiger partial charge on any atom is 0.276 e. The van der Waals surface area contributed by atoms with Crippen molar-refractivity contribution in [1.82, 2.24) is 19.6 Å². The predicted molar refractivity (Wildman–Crippen MR) is 84.0 cm³/mol. The molecule has 0 aliphatic heterocycles. The molecular weight excluding hydrogens is 302 g/mol. The third-order valence-electron chi connectivity index (χ3n) is 3.17. The van der Waals surface area contributed by atoms with E-state index in [2.05, 4.69) is 15.5 Å². The monoisotopic (exact) mass is 315 g/mol. The smallest absolute Gasteiger partial charge is 0.276 e. The minimum atomic E-state index is -0.274. The van der Waals surface area contributed by atoms with Crippen molar-refractivity contribution in [3.05, 3.63) is 65.2 Å². The summed E-state index contributed by atoms with van der Waals surface area (Å²) in [6.07, 6.45) is 5.26. The van der Waals surface area contributed by atoms with E-state index in [1.165, 1.54) is 0 Å². The Morgan fingerprint density at radius 1 is 1.27 bits per heavy atom. The Balaban J connectivity index is 1.72. The van der Waals surface area contributed by atoms with Crippen LogP contribution in [-0.2, 0) is 6.67 Å². The van der Waals surface area contributed by atoms with Gasteiger partial charge in [-0.2, -0.15) is 10.2 Å². The van der Waals surface area contributed by atoms with Gasteiger partial charge < -0.3 is 5.32 Å². The van der Waals surface area contributed by atoms with E-state index in [4.69, 9.17) is 11.6 Å². The number of benzene rings is 1. The lowest BCUT2D eigenvalue weighted by Crippen LogP contribution is -2.15. The fourth-order valence-electron chi connectivity index (χ4n) is 2.01. The van der Waals surface area contributed by atoms with Crippen LogP contribution in [-0.4, -0.2) is 25.5 Å². The van der Waals surface area contributed by atoms with Crippen LogP contribution in [0, 0.1) is 6.92 Å². The van der Waals surface area contributed by atoms with Gasteiger partial charge in [0, 0.05) is 29.3 Å². The van der Waals surface area contributed by atoms with E-state index in [9.17, 15) is 4.79 Å². The zero-order valence-electron chi connectivity index (χ0n) is 11.9. The molecule has 1 aromatic carbocycles. The fraction of sp³-hybridized carbons (Fsp3) is 0.133. The number of nitrogens with zero attached hydrogens (tertiary/aromatic N) is 4. The topological polar surface area (TPSA) is 64.7 Å². The summed E-state index contributed by atoms with van der Waals surface area (Å²) in [6.45, 7) is 2.36. The van der Waals surface area contributed by atoms with Crippen molar-refractivity contribution < 1.29 is 4.79 Å². The highest BCUT2D eigenvalue weighted by Crippen LogP contribution is 2.20. The zero-order valence-corrected chi connectivity index (χ0v) is 12.7. The van der Waals surface area contributed by atoms with E-state index in [1.807, 2.05) is 25.3 Å². The summed E-state index contributed by atoms with van der Waals surface area (Å²) in [5.41, 5.74) is 1.96. The lowest BCUT2D eigenvalue weighted by Gasteiger charge is -2.07. The van der Waals surface area contributed by atoms with Crippen LogP contribution in [0.2, 0.25) is 5.02 Å². The SMILES string of the molecule is Cc1ccc(Cl)cc1NC(=O)c1ccn(Cn2cccn2)n1. The van der Waals surface area contributed by atoms with Gasteiger partial charge in [-0.05, 0) is 36.8 Å². The number of carbonyl (C=O) groups is 1. The standard InChI is InChI=1S/C15H14ClN5O/c1-11-3-4-12(16)9-14(11)18-15(22)13-5-8-21(19-13)10-20-7-2-6-17-20/h2-9H,10H2,1H3,(H,18,22). The molecule has 3 aromatic rings. The number of halogens is 1. The number of nitrogens with one attached hydrogen (secondary N) is 1. The van der Waals surface area contributed by atoms with Crippen molar-refractivity contribution in [3.8, 4) is 0 Å². The van der Waals surface area contributed by atoms with Crippen LogP contribution < -0.4 is 5.32 Å². The molecule has 1 amide bonds. The van der Waals surface area contributed by atoms with Crippen LogP contribution in [0.25, 0.3) is 0 Å². The van der Waals surface area contributed by atoms with Gasteiger partial charge >= 0.3 is 0 Å². The third-order valence-corrected chi connectivity index (χ3v) is 3.41. The number of hydrogen-bond donors (Lipinski definition) is 1. The second-order valence-electron chi connectivity index (χ2n) is 4.84. The molecule has 112 valence electrons. The van der Waals surface area contributed by atoms with Crippen LogP contribution in [0.3, 0.4) is 0 Å². The molecular formula is C15H14ClN5O. The second kappa shape index (κ2) is 6.03. The van der Waals surface area contributed by atoms with Gasteiger partial charge in [0.05, 0.1) is 0 Å². The van der Waals surface area contributed by atoms with Gasteiger partial charge in [0.2, 0.25) is 0 Å². The Morgan fingerprint density at radius 2 is 2.14 bits per heavy atom. The largest absolute Gasteiger partial charge is 0.320 e. The predicted octanol–water partition coefficient (Wildman–Crippen LogP) is 2.80. The molecule has 7 heteroatoms. The van der Waals surface area contributed by atoms with Crippen molar-refractivity contribution in [1.29, 1.82) is 0 Å². The van der Waals surface area contributed by atoms with E-state index in [1.54, 1.807) is 40.0 Å². The summed E-state index contributed by atoms with van der Waals surface area (Å²) in [5.74, 6) is -0.274. The van der Waals surface area contributed by atoms with E-state index in [-0.39, 0.29) is 5.91 Å². The number of carbonyl (C=O) groups excluding carboxylic acids is 1. The molecule has 2 heterocycles. The summed E-state index contributed by atoms with van der Waals surface area (Å²) < 4.78 is 3.36. The Kier molecular flexibility index (Phi) is 3.93. The quantitative estimate of drug-likeness (QED) is 0.805. The molecule has 0 spiro atoms. The maximum atomic E-state index is 12.2. The lowest BCUT2D eigenvalue weighted by atomic mass is 10.2. The highest BCUT2D eigenvalue weighted by Gasteiger charge is 2.11. The molecule has 0 atom stereocenters. The van der Waals surface area contributed by atoms with Crippen LogP contribution in [0.15, 0.2) is 48.9 Å². The number of aromatic nitrogens is 4. The fourth-order valence-corrected chi connectivity index (χ4v) is 2.18. The normalized spacial score (nSPS) is 10.6.